The van der Waals surface area contributed by atoms with Crippen molar-refractivity contribution in [2.24, 2.45) is 5.73 Å². The zero-order valence-electron chi connectivity index (χ0n) is 7.59. The van der Waals surface area contributed by atoms with Gasteiger partial charge in [-0.25, -0.2) is 5.43 Å². The van der Waals surface area contributed by atoms with E-state index in [9.17, 15) is 0 Å². The van der Waals surface area contributed by atoms with Crippen molar-refractivity contribution in [2.45, 2.75) is 13.5 Å². The highest BCUT2D eigenvalue weighted by Crippen LogP contribution is 2.05. The van der Waals surface area contributed by atoms with Crippen LogP contribution in [-0.4, -0.2) is 5.96 Å². The molecule has 0 saturated carbocycles. The molecule has 4 nitrogen and oxygen atoms in total. The van der Waals surface area contributed by atoms with Crippen molar-refractivity contribution in [2.75, 3.05) is 0 Å². The van der Waals surface area contributed by atoms with Crippen molar-refractivity contribution >= 4 is 5.96 Å². The molecule has 1 aromatic carbocycles. The molecular formula is C9H14N4. The fourth-order valence-electron chi connectivity index (χ4n) is 1.04. The first-order chi connectivity index (χ1) is 6.20. The van der Waals surface area contributed by atoms with Crippen LogP contribution in [0.25, 0.3) is 0 Å². The SMILES string of the molecule is Cc1ccccc1CNNC(=N)N. The average Bonchev–Trinajstić information content (AvgIpc) is 2.08. The van der Waals surface area contributed by atoms with Gasteiger partial charge in [0.15, 0.2) is 5.96 Å². The molecule has 0 bridgehead atoms. The molecule has 13 heavy (non-hydrogen) atoms. The van der Waals surface area contributed by atoms with Crippen LogP contribution in [0.2, 0.25) is 0 Å². The van der Waals surface area contributed by atoms with E-state index in [4.69, 9.17) is 11.1 Å². The molecule has 0 aromatic heterocycles. The molecule has 0 radical (unpaired) electrons. The topological polar surface area (TPSA) is 73.9 Å². The van der Waals surface area contributed by atoms with Crippen LogP contribution in [-0.2, 0) is 6.54 Å². The van der Waals surface area contributed by atoms with Gasteiger partial charge in [-0.3, -0.25) is 10.8 Å². The second-order valence-corrected chi connectivity index (χ2v) is 2.82. The third-order valence-corrected chi connectivity index (χ3v) is 1.76. The van der Waals surface area contributed by atoms with Gasteiger partial charge in [-0.2, -0.15) is 0 Å². The Hall–Kier alpha value is -1.55. The Labute approximate surface area is 77.6 Å². The van der Waals surface area contributed by atoms with Crippen molar-refractivity contribution in [3.05, 3.63) is 35.4 Å². The highest BCUT2D eigenvalue weighted by Gasteiger charge is 1.95. The second-order valence-electron chi connectivity index (χ2n) is 2.82. The smallest absolute Gasteiger partial charge is 0.200 e. The van der Waals surface area contributed by atoms with E-state index >= 15 is 0 Å². The molecule has 4 heteroatoms. The average molecular weight is 178 g/mol. The van der Waals surface area contributed by atoms with Gasteiger partial charge in [0, 0.05) is 6.54 Å². The van der Waals surface area contributed by atoms with E-state index in [0.717, 1.165) is 0 Å². The molecule has 0 amide bonds. The molecule has 0 fully saturated rings. The zero-order valence-corrected chi connectivity index (χ0v) is 7.59. The van der Waals surface area contributed by atoms with Gasteiger partial charge in [0.25, 0.3) is 0 Å². The van der Waals surface area contributed by atoms with Gasteiger partial charge >= 0.3 is 0 Å². The Morgan fingerprint density at radius 3 is 2.77 bits per heavy atom. The van der Waals surface area contributed by atoms with E-state index < -0.39 is 0 Å². The van der Waals surface area contributed by atoms with E-state index in [-0.39, 0.29) is 5.96 Å². The Morgan fingerprint density at radius 1 is 1.46 bits per heavy atom. The summed E-state index contributed by atoms with van der Waals surface area (Å²) in [5, 5.41) is 6.92. The first-order valence-electron chi connectivity index (χ1n) is 4.07. The molecular weight excluding hydrogens is 164 g/mol. The van der Waals surface area contributed by atoms with Gasteiger partial charge in [-0.15, -0.1) is 0 Å². The molecule has 0 heterocycles. The van der Waals surface area contributed by atoms with Crippen LogP contribution in [0.3, 0.4) is 0 Å². The van der Waals surface area contributed by atoms with Crippen molar-refractivity contribution in [1.29, 1.82) is 5.41 Å². The largest absolute Gasteiger partial charge is 0.369 e. The minimum Gasteiger partial charge on any atom is -0.369 e. The summed E-state index contributed by atoms with van der Waals surface area (Å²) in [6.45, 7) is 2.71. The Morgan fingerprint density at radius 2 is 2.15 bits per heavy atom. The van der Waals surface area contributed by atoms with Crippen molar-refractivity contribution in [3.8, 4) is 0 Å². The normalized spacial score (nSPS) is 9.62. The summed E-state index contributed by atoms with van der Waals surface area (Å²) in [5.41, 5.74) is 12.9. The van der Waals surface area contributed by atoms with Crippen molar-refractivity contribution < 1.29 is 0 Å². The van der Waals surface area contributed by atoms with Crippen LogP contribution in [0.5, 0.6) is 0 Å². The summed E-state index contributed by atoms with van der Waals surface area (Å²) in [4.78, 5) is 0. The number of hydrogen-bond donors (Lipinski definition) is 4. The molecule has 0 unspecified atom stereocenters. The lowest BCUT2D eigenvalue weighted by atomic mass is 10.1. The lowest BCUT2D eigenvalue weighted by Gasteiger charge is -2.07. The Bertz CT molecular complexity index is 295. The zero-order chi connectivity index (χ0) is 9.68. The van der Waals surface area contributed by atoms with E-state index in [2.05, 4.69) is 10.9 Å². The minimum atomic E-state index is -0.0754. The molecule has 1 aromatic rings. The van der Waals surface area contributed by atoms with Crippen LogP contribution in [0.4, 0.5) is 0 Å². The predicted molar refractivity (Wildman–Crippen MR) is 53.1 cm³/mol. The van der Waals surface area contributed by atoms with Gasteiger partial charge in [-0.1, -0.05) is 24.3 Å². The molecule has 0 aliphatic heterocycles. The number of nitrogens with two attached hydrogens (primary N) is 1. The Balaban J connectivity index is 2.45. The number of rotatable bonds is 3. The molecule has 0 aliphatic carbocycles. The van der Waals surface area contributed by atoms with Crippen LogP contribution in [0.1, 0.15) is 11.1 Å². The van der Waals surface area contributed by atoms with Gasteiger partial charge in [0.1, 0.15) is 0 Å². The number of benzene rings is 1. The first-order valence-corrected chi connectivity index (χ1v) is 4.07. The molecule has 0 spiro atoms. The van der Waals surface area contributed by atoms with Gasteiger partial charge in [0.2, 0.25) is 0 Å². The van der Waals surface area contributed by atoms with Gasteiger partial charge in [-0.05, 0) is 18.1 Å². The maximum atomic E-state index is 6.92. The summed E-state index contributed by atoms with van der Waals surface area (Å²) in [5.74, 6) is -0.0754. The van der Waals surface area contributed by atoms with Crippen molar-refractivity contribution in [3.63, 3.8) is 0 Å². The highest BCUT2D eigenvalue weighted by molar-refractivity contribution is 5.73. The summed E-state index contributed by atoms with van der Waals surface area (Å²) < 4.78 is 0. The van der Waals surface area contributed by atoms with E-state index in [0.29, 0.717) is 6.54 Å². The summed E-state index contributed by atoms with van der Waals surface area (Å²) in [6, 6.07) is 8.06. The summed E-state index contributed by atoms with van der Waals surface area (Å²) >= 11 is 0. The quantitative estimate of drug-likeness (QED) is 0.309. The van der Waals surface area contributed by atoms with Crippen LogP contribution in [0, 0.1) is 12.3 Å². The van der Waals surface area contributed by atoms with Crippen molar-refractivity contribution in [1.82, 2.24) is 10.9 Å². The summed E-state index contributed by atoms with van der Waals surface area (Å²) in [7, 11) is 0. The maximum Gasteiger partial charge on any atom is 0.200 e. The number of hydrogen-bond acceptors (Lipinski definition) is 2. The molecule has 5 N–H and O–H groups in total. The minimum absolute atomic E-state index is 0.0754. The lowest BCUT2D eigenvalue weighted by molar-refractivity contribution is 0.645. The number of guanidine groups is 1. The summed E-state index contributed by atoms with van der Waals surface area (Å²) in [6.07, 6.45) is 0. The number of hydrazine groups is 1. The fraction of sp³-hybridized carbons (Fsp3) is 0.222. The molecule has 70 valence electrons. The van der Waals surface area contributed by atoms with Gasteiger partial charge in [0.05, 0.1) is 0 Å². The van der Waals surface area contributed by atoms with Crippen LogP contribution in [0.15, 0.2) is 24.3 Å². The third-order valence-electron chi connectivity index (χ3n) is 1.76. The van der Waals surface area contributed by atoms with E-state index in [1.165, 1.54) is 11.1 Å². The molecule has 1 rings (SSSR count). The monoisotopic (exact) mass is 178 g/mol. The lowest BCUT2D eigenvalue weighted by Crippen LogP contribution is -2.41. The van der Waals surface area contributed by atoms with E-state index in [1.807, 2.05) is 31.2 Å². The second kappa shape index (κ2) is 4.47. The number of aryl methyl sites for hydroxylation is 1. The standard InChI is InChI=1S/C9H14N4/c1-7-4-2-3-5-8(7)6-12-13-9(10)11/h2-5,12H,6H2,1H3,(H4,10,11,13). The maximum absolute atomic E-state index is 6.92. The Kier molecular flexibility index (Phi) is 3.28. The van der Waals surface area contributed by atoms with Crippen LogP contribution >= 0.6 is 0 Å². The number of nitrogens with one attached hydrogen (secondary N) is 3. The van der Waals surface area contributed by atoms with Gasteiger partial charge < -0.3 is 5.73 Å². The highest BCUT2D eigenvalue weighted by atomic mass is 15.4. The van der Waals surface area contributed by atoms with E-state index in [1.54, 1.807) is 0 Å². The first kappa shape index (κ1) is 9.54. The predicted octanol–water partition coefficient (Wildman–Crippen LogP) is 0.483. The molecule has 0 saturated heterocycles. The molecule has 0 atom stereocenters. The third kappa shape index (κ3) is 3.13. The van der Waals surface area contributed by atoms with Crippen LogP contribution < -0.4 is 16.6 Å². The molecule has 0 aliphatic rings. The fourth-order valence-corrected chi connectivity index (χ4v) is 1.04.